The molecular weight excluding hydrogens is 362 g/mol. The van der Waals surface area contributed by atoms with Crippen molar-refractivity contribution in [2.45, 2.75) is 19.8 Å². The van der Waals surface area contributed by atoms with Crippen LogP contribution in [0.3, 0.4) is 0 Å². The van der Waals surface area contributed by atoms with E-state index >= 15 is 0 Å². The number of nitro benzene ring substituents is 1. The van der Waals surface area contributed by atoms with E-state index in [-0.39, 0.29) is 22.7 Å². The minimum atomic E-state index is -1.10. The Morgan fingerprint density at radius 2 is 1.86 bits per heavy atom. The van der Waals surface area contributed by atoms with Crippen LogP contribution in [0.5, 0.6) is 0 Å². The number of nitrogens with one attached hydrogen (secondary N) is 1. The number of hydrogen-bond donors (Lipinski definition) is 2. The van der Waals surface area contributed by atoms with Crippen molar-refractivity contribution in [3.05, 3.63) is 74.8 Å². The Kier molecular flexibility index (Phi) is 6.24. The molecule has 0 saturated carbocycles. The van der Waals surface area contributed by atoms with Crippen molar-refractivity contribution in [1.29, 1.82) is 5.26 Å². The van der Waals surface area contributed by atoms with Crippen molar-refractivity contribution in [2.24, 2.45) is 0 Å². The molecular formula is C20H17N3O5. The second kappa shape index (κ2) is 8.60. The summed E-state index contributed by atoms with van der Waals surface area (Å²) in [5.41, 5.74) is 0.969. The van der Waals surface area contributed by atoms with E-state index in [2.05, 4.69) is 5.32 Å². The van der Waals surface area contributed by atoms with Crippen molar-refractivity contribution < 1.29 is 19.6 Å². The van der Waals surface area contributed by atoms with E-state index in [0.717, 1.165) is 0 Å². The molecule has 0 bridgehead atoms. The lowest BCUT2D eigenvalue weighted by atomic mass is 9.98. The highest BCUT2D eigenvalue weighted by molar-refractivity contribution is 6.09. The third-order valence-corrected chi connectivity index (χ3v) is 3.94. The molecule has 0 radical (unpaired) electrons. The molecule has 0 aliphatic carbocycles. The van der Waals surface area contributed by atoms with E-state index in [9.17, 15) is 25.0 Å². The quantitative estimate of drug-likeness (QED) is 0.338. The van der Waals surface area contributed by atoms with Crippen LogP contribution in [-0.2, 0) is 4.79 Å². The molecule has 8 heteroatoms. The fourth-order valence-corrected chi connectivity index (χ4v) is 2.51. The fourth-order valence-electron chi connectivity index (χ4n) is 2.51. The summed E-state index contributed by atoms with van der Waals surface area (Å²) in [7, 11) is 0. The van der Waals surface area contributed by atoms with E-state index < -0.39 is 16.8 Å². The standard InChI is InChI=1S/C20H17N3O5/c1-12(2)17-8-3-13(10-18(17)23(27)28)9-15(11-21)19(24)22-16-6-4-14(5-7-16)20(25)26/h3-10,12H,1-2H3,(H,22,24)(H,25,26)/b15-9+. The number of carbonyl (C=O) groups is 2. The van der Waals surface area contributed by atoms with Crippen molar-refractivity contribution in [1.82, 2.24) is 0 Å². The molecule has 0 heterocycles. The molecule has 1 amide bonds. The van der Waals surface area contributed by atoms with Crippen LogP contribution in [-0.4, -0.2) is 21.9 Å². The fraction of sp³-hybridized carbons (Fsp3) is 0.150. The number of hydrogen-bond acceptors (Lipinski definition) is 5. The molecule has 0 unspecified atom stereocenters. The maximum atomic E-state index is 12.3. The summed E-state index contributed by atoms with van der Waals surface area (Å²) >= 11 is 0. The Balaban J connectivity index is 2.29. The Bertz CT molecular complexity index is 1000. The summed E-state index contributed by atoms with van der Waals surface area (Å²) in [5, 5.41) is 31.9. The first-order valence-electron chi connectivity index (χ1n) is 8.27. The number of nitrogens with zero attached hydrogens (tertiary/aromatic N) is 2. The lowest BCUT2D eigenvalue weighted by Crippen LogP contribution is -2.13. The van der Waals surface area contributed by atoms with Gasteiger partial charge in [0.05, 0.1) is 10.5 Å². The molecule has 0 atom stereocenters. The monoisotopic (exact) mass is 379 g/mol. The molecule has 0 spiro atoms. The summed E-state index contributed by atoms with van der Waals surface area (Å²) in [5.74, 6) is -1.85. The van der Waals surface area contributed by atoms with E-state index in [1.54, 1.807) is 18.2 Å². The lowest BCUT2D eigenvalue weighted by molar-refractivity contribution is -0.385. The average molecular weight is 379 g/mol. The Morgan fingerprint density at radius 3 is 2.36 bits per heavy atom. The van der Waals surface area contributed by atoms with Crippen LogP contribution >= 0.6 is 0 Å². The summed E-state index contributed by atoms with van der Waals surface area (Å²) in [6, 6.07) is 11.7. The van der Waals surface area contributed by atoms with Gasteiger partial charge in [0.1, 0.15) is 11.6 Å². The van der Waals surface area contributed by atoms with Gasteiger partial charge in [-0.3, -0.25) is 14.9 Å². The number of amides is 1. The van der Waals surface area contributed by atoms with Crippen LogP contribution in [0, 0.1) is 21.4 Å². The largest absolute Gasteiger partial charge is 0.478 e. The number of carboxylic acids is 1. The van der Waals surface area contributed by atoms with Gasteiger partial charge in [0, 0.05) is 17.3 Å². The van der Waals surface area contributed by atoms with Gasteiger partial charge >= 0.3 is 5.97 Å². The van der Waals surface area contributed by atoms with Gasteiger partial charge in [-0.05, 0) is 41.8 Å². The Morgan fingerprint density at radius 1 is 1.21 bits per heavy atom. The van der Waals surface area contributed by atoms with Crippen LogP contribution in [0.25, 0.3) is 6.08 Å². The molecule has 8 nitrogen and oxygen atoms in total. The number of benzene rings is 2. The van der Waals surface area contributed by atoms with Gasteiger partial charge in [0.25, 0.3) is 11.6 Å². The van der Waals surface area contributed by atoms with Crippen LogP contribution in [0.2, 0.25) is 0 Å². The molecule has 2 aromatic carbocycles. The summed E-state index contributed by atoms with van der Waals surface area (Å²) < 4.78 is 0. The summed E-state index contributed by atoms with van der Waals surface area (Å²) in [6.07, 6.45) is 1.26. The van der Waals surface area contributed by atoms with Gasteiger partial charge in [0.15, 0.2) is 0 Å². The molecule has 0 aliphatic rings. The normalized spacial score (nSPS) is 11.0. The number of nitro groups is 1. The molecule has 0 aromatic heterocycles. The summed E-state index contributed by atoms with van der Waals surface area (Å²) in [6.45, 7) is 3.67. The molecule has 2 N–H and O–H groups in total. The van der Waals surface area contributed by atoms with Crippen molar-refractivity contribution >= 4 is 29.3 Å². The second-order valence-electron chi connectivity index (χ2n) is 6.24. The molecule has 0 aliphatic heterocycles. The number of aromatic carboxylic acids is 1. The van der Waals surface area contributed by atoms with E-state index in [1.807, 2.05) is 13.8 Å². The molecule has 2 aromatic rings. The summed E-state index contributed by atoms with van der Waals surface area (Å²) in [4.78, 5) is 33.9. The van der Waals surface area contributed by atoms with Crippen molar-refractivity contribution in [3.63, 3.8) is 0 Å². The topological polar surface area (TPSA) is 133 Å². The highest BCUT2D eigenvalue weighted by atomic mass is 16.6. The highest BCUT2D eigenvalue weighted by Gasteiger charge is 2.17. The number of rotatable bonds is 6. The number of carboxylic acid groups (broad SMARTS) is 1. The highest BCUT2D eigenvalue weighted by Crippen LogP contribution is 2.28. The van der Waals surface area contributed by atoms with E-state index in [1.165, 1.54) is 36.4 Å². The Hall–Kier alpha value is -3.99. The van der Waals surface area contributed by atoms with E-state index in [0.29, 0.717) is 16.8 Å². The van der Waals surface area contributed by atoms with Crippen LogP contribution in [0.15, 0.2) is 48.0 Å². The number of anilines is 1. The van der Waals surface area contributed by atoms with Crippen LogP contribution < -0.4 is 5.32 Å². The minimum Gasteiger partial charge on any atom is -0.478 e. The second-order valence-corrected chi connectivity index (χ2v) is 6.24. The first kappa shape index (κ1) is 20.3. The third kappa shape index (κ3) is 4.80. The van der Waals surface area contributed by atoms with Gasteiger partial charge in [-0.2, -0.15) is 5.26 Å². The molecule has 0 fully saturated rings. The average Bonchev–Trinajstić information content (AvgIpc) is 2.66. The van der Waals surface area contributed by atoms with Crippen molar-refractivity contribution in [3.8, 4) is 6.07 Å². The number of carbonyl (C=O) groups excluding carboxylic acids is 1. The van der Waals surface area contributed by atoms with Gasteiger partial charge in [-0.1, -0.05) is 26.0 Å². The zero-order chi connectivity index (χ0) is 20.8. The Labute approximate surface area is 160 Å². The predicted molar refractivity (Wildman–Crippen MR) is 103 cm³/mol. The van der Waals surface area contributed by atoms with Gasteiger partial charge in [-0.25, -0.2) is 4.79 Å². The molecule has 142 valence electrons. The zero-order valence-electron chi connectivity index (χ0n) is 15.2. The van der Waals surface area contributed by atoms with Gasteiger partial charge in [-0.15, -0.1) is 0 Å². The zero-order valence-corrected chi connectivity index (χ0v) is 15.2. The smallest absolute Gasteiger partial charge is 0.335 e. The maximum Gasteiger partial charge on any atom is 0.335 e. The first-order chi connectivity index (χ1) is 13.2. The van der Waals surface area contributed by atoms with Crippen LogP contribution in [0.4, 0.5) is 11.4 Å². The molecule has 28 heavy (non-hydrogen) atoms. The molecule has 0 saturated heterocycles. The van der Waals surface area contributed by atoms with Gasteiger partial charge < -0.3 is 10.4 Å². The van der Waals surface area contributed by atoms with Gasteiger partial charge in [0.2, 0.25) is 0 Å². The third-order valence-electron chi connectivity index (χ3n) is 3.94. The number of nitriles is 1. The SMILES string of the molecule is CC(C)c1ccc(/C=C(\C#N)C(=O)Nc2ccc(C(=O)O)cc2)cc1[N+](=O)[O-]. The van der Waals surface area contributed by atoms with Crippen molar-refractivity contribution in [2.75, 3.05) is 5.32 Å². The first-order valence-corrected chi connectivity index (χ1v) is 8.27. The molecule has 2 rings (SSSR count). The minimum absolute atomic E-state index is 0.0501. The maximum absolute atomic E-state index is 12.3. The predicted octanol–water partition coefficient (Wildman–Crippen LogP) is 3.96. The van der Waals surface area contributed by atoms with Crippen LogP contribution in [0.1, 0.15) is 41.3 Å². The lowest BCUT2D eigenvalue weighted by Gasteiger charge is -2.08. The van der Waals surface area contributed by atoms with E-state index in [4.69, 9.17) is 5.11 Å².